The second-order valence-corrected chi connectivity index (χ2v) is 5.51. The van der Waals surface area contributed by atoms with Gasteiger partial charge in [-0.2, -0.15) is 0 Å². The molecule has 1 aromatic rings. The van der Waals surface area contributed by atoms with Crippen LogP contribution in [0.3, 0.4) is 0 Å². The standard InChI is InChI=1S/C14H21FN2O/c1-10(16)12-8-11(15)4-5-13(12)17-7-3-6-14(2,18)9-17/h4-5,8,10,18H,3,6-7,9,16H2,1-2H3/t10-,14?/m1/s1. The zero-order chi connectivity index (χ0) is 13.3. The predicted octanol–water partition coefficient (Wildman–Crippen LogP) is 2.20. The molecule has 0 saturated carbocycles. The second kappa shape index (κ2) is 4.86. The lowest BCUT2D eigenvalue weighted by Crippen LogP contribution is -2.46. The molecule has 2 rings (SSSR count). The Balaban J connectivity index is 2.32. The van der Waals surface area contributed by atoms with Gasteiger partial charge in [0.25, 0.3) is 0 Å². The summed E-state index contributed by atoms with van der Waals surface area (Å²) in [6.45, 7) is 5.13. The van der Waals surface area contributed by atoms with Gasteiger partial charge in [0.1, 0.15) is 5.82 Å². The summed E-state index contributed by atoms with van der Waals surface area (Å²) < 4.78 is 13.3. The molecule has 0 bridgehead atoms. The summed E-state index contributed by atoms with van der Waals surface area (Å²) >= 11 is 0. The summed E-state index contributed by atoms with van der Waals surface area (Å²) in [5, 5.41) is 10.1. The number of hydrogen-bond donors (Lipinski definition) is 2. The van der Waals surface area contributed by atoms with E-state index in [4.69, 9.17) is 5.73 Å². The minimum absolute atomic E-state index is 0.220. The zero-order valence-corrected chi connectivity index (χ0v) is 11.0. The summed E-state index contributed by atoms with van der Waals surface area (Å²) in [4.78, 5) is 2.10. The molecule has 1 unspecified atom stereocenters. The first-order valence-corrected chi connectivity index (χ1v) is 6.41. The maximum Gasteiger partial charge on any atom is 0.123 e. The van der Waals surface area contributed by atoms with Crippen LogP contribution in [-0.2, 0) is 0 Å². The fraction of sp³-hybridized carbons (Fsp3) is 0.571. The Morgan fingerprint density at radius 1 is 1.50 bits per heavy atom. The molecule has 3 nitrogen and oxygen atoms in total. The largest absolute Gasteiger partial charge is 0.388 e. The summed E-state index contributed by atoms with van der Waals surface area (Å²) in [7, 11) is 0. The van der Waals surface area contributed by atoms with Crippen LogP contribution in [-0.4, -0.2) is 23.8 Å². The van der Waals surface area contributed by atoms with Gasteiger partial charge in [-0.3, -0.25) is 0 Å². The number of piperidine rings is 1. The first-order chi connectivity index (χ1) is 8.39. The Hall–Kier alpha value is -1.13. The monoisotopic (exact) mass is 252 g/mol. The summed E-state index contributed by atoms with van der Waals surface area (Å²) in [5.41, 5.74) is 6.96. The molecule has 0 aromatic heterocycles. The minimum atomic E-state index is -0.679. The Labute approximate surface area is 107 Å². The van der Waals surface area contributed by atoms with E-state index < -0.39 is 5.60 Å². The smallest absolute Gasteiger partial charge is 0.123 e. The molecule has 100 valence electrons. The van der Waals surface area contributed by atoms with Crippen molar-refractivity contribution in [1.82, 2.24) is 0 Å². The van der Waals surface area contributed by atoms with Crippen molar-refractivity contribution < 1.29 is 9.50 Å². The van der Waals surface area contributed by atoms with Crippen LogP contribution in [0.25, 0.3) is 0 Å². The molecular formula is C14H21FN2O. The van der Waals surface area contributed by atoms with E-state index in [1.165, 1.54) is 12.1 Å². The highest BCUT2D eigenvalue weighted by atomic mass is 19.1. The van der Waals surface area contributed by atoms with Crippen molar-refractivity contribution >= 4 is 5.69 Å². The molecule has 3 N–H and O–H groups in total. The van der Waals surface area contributed by atoms with Crippen molar-refractivity contribution in [3.63, 3.8) is 0 Å². The Kier molecular flexibility index (Phi) is 3.59. The third kappa shape index (κ3) is 2.82. The lowest BCUT2D eigenvalue weighted by Gasteiger charge is -2.39. The van der Waals surface area contributed by atoms with Crippen molar-refractivity contribution in [2.24, 2.45) is 5.73 Å². The maximum absolute atomic E-state index is 13.3. The summed E-state index contributed by atoms with van der Waals surface area (Å²) in [6.07, 6.45) is 1.74. The Bertz CT molecular complexity index is 432. The van der Waals surface area contributed by atoms with Crippen LogP contribution in [0.2, 0.25) is 0 Å². The van der Waals surface area contributed by atoms with Gasteiger partial charge in [0.15, 0.2) is 0 Å². The molecule has 1 fully saturated rings. The molecule has 1 aromatic carbocycles. The number of aliphatic hydroxyl groups is 1. The highest BCUT2D eigenvalue weighted by Crippen LogP contribution is 2.31. The number of anilines is 1. The van der Waals surface area contributed by atoms with Gasteiger partial charge < -0.3 is 15.7 Å². The molecule has 1 heterocycles. The average molecular weight is 252 g/mol. The highest BCUT2D eigenvalue weighted by molar-refractivity contribution is 5.55. The minimum Gasteiger partial charge on any atom is -0.388 e. The van der Waals surface area contributed by atoms with Crippen molar-refractivity contribution in [2.75, 3.05) is 18.0 Å². The van der Waals surface area contributed by atoms with Crippen LogP contribution in [0.1, 0.15) is 38.3 Å². The predicted molar refractivity (Wildman–Crippen MR) is 71.1 cm³/mol. The first-order valence-electron chi connectivity index (χ1n) is 6.41. The Morgan fingerprint density at radius 3 is 2.83 bits per heavy atom. The molecular weight excluding hydrogens is 231 g/mol. The lowest BCUT2D eigenvalue weighted by molar-refractivity contribution is 0.0449. The average Bonchev–Trinajstić information content (AvgIpc) is 2.27. The van der Waals surface area contributed by atoms with Crippen LogP contribution in [0, 0.1) is 5.82 Å². The highest BCUT2D eigenvalue weighted by Gasteiger charge is 2.29. The van der Waals surface area contributed by atoms with E-state index in [1.54, 1.807) is 6.07 Å². The number of nitrogens with two attached hydrogens (primary N) is 1. The lowest BCUT2D eigenvalue weighted by atomic mass is 9.93. The van der Waals surface area contributed by atoms with Crippen molar-refractivity contribution in [3.05, 3.63) is 29.6 Å². The fourth-order valence-corrected chi connectivity index (χ4v) is 2.60. The van der Waals surface area contributed by atoms with E-state index in [-0.39, 0.29) is 11.9 Å². The second-order valence-electron chi connectivity index (χ2n) is 5.51. The van der Waals surface area contributed by atoms with E-state index in [0.717, 1.165) is 30.6 Å². The van der Waals surface area contributed by atoms with E-state index in [0.29, 0.717) is 6.54 Å². The Morgan fingerprint density at radius 2 is 2.22 bits per heavy atom. The van der Waals surface area contributed by atoms with Crippen LogP contribution in [0.4, 0.5) is 10.1 Å². The van der Waals surface area contributed by atoms with Gasteiger partial charge in [0.2, 0.25) is 0 Å². The third-order valence-corrected chi connectivity index (χ3v) is 3.50. The van der Waals surface area contributed by atoms with Crippen molar-refractivity contribution in [2.45, 2.75) is 38.3 Å². The zero-order valence-electron chi connectivity index (χ0n) is 11.0. The fourth-order valence-electron chi connectivity index (χ4n) is 2.60. The topological polar surface area (TPSA) is 49.5 Å². The van der Waals surface area contributed by atoms with Gasteiger partial charge in [-0.15, -0.1) is 0 Å². The molecule has 0 spiro atoms. The molecule has 1 aliphatic heterocycles. The number of halogens is 1. The third-order valence-electron chi connectivity index (χ3n) is 3.50. The normalized spacial score (nSPS) is 26.2. The first kappa shape index (κ1) is 13.3. The van der Waals surface area contributed by atoms with Crippen LogP contribution < -0.4 is 10.6 Å². The van der Waals surface area contributed by atoms with E-state index in [2.05, 4.69) is 4.90 Å². The maximum atomic E-state index is 13.3. The van der Waals surface area contributed by atoms with Gasteiger partial charge in [0, 0.05) is 24.8 Å². The van der Waals surface area contributed by atoms with Gasteiger partial charge >= 0.3 is 0 Å². The molecule has 4 heteroatoms. The van der Waals surface area contributed by atoms with Crippen molar-refractivity contribution in [1.29, 1.82) is 0 Å². The molecule has 1 aliphatic rings. The molecule has 0 aliphatic carbocycles. The van der Waals surface area contributed by atoms with Crippen molar-refractivity contribution in [3.8, 4) is 0 Å². The number of hydrogen-bond acceptors (Lipinski definition) is 3. The van der Waals surface area contributed by atoms with Gasteiger partial charge in [-0.25, -0.2) is 4.39 Å². The van der Waals surface area contributed by atoms with Gasteiger partial charge in [0.05, 0.1) is 5.60 Å². The molecule has 0 amide bonds. The molecule has 1 saturated heterocycles. The van der Waals surface area contributed by atoms with E-state index in [9.17, 15) is 9.50 Å². The SMILES string of the molecule is C[C@@H](N)c1cc(F)ccc1N1CCCC(C)(O)C1. The quantitative estimate of drug-likeness (QED) is 0.848. The molecule has 18 heavy (non-hydrogen) atoms. The number of benzene rings is 1. The van der Waals surface area contributed by atoms with Crippen LogP contribution in [0.5, 0.6) is 0 Å². The van der Waals surface area contributed by atoms with Gasteiger partial charge in [-0.1, -0.05) is 0 Å². The molecule has 0 radical (unpaired) electrons. The van der Waals surface area contributed by atoms with Crippen LogP contribution >= 0.6 is 0 Å². The number of β-amino-alcohol motifs (C(OH)–C–C–N with tert-alkyl or cyclic N) is 1. The summed E-state index contributed by atoms with van der Waals surface area (Å²) in [5.74, 6) is -0.269. The van der Waals surface area contributed by atoms with E-state index >= 15 is 0 Å². The van der Waals surface area contributed by atoms with Crippen LogP contribution in [0.15, 0.2) is 18.2 Å². The number of rotatable bonds is 2. The van der Waals surface area contributed by atoms with Gasteiger partial charge in [-0.05, 0) is 50.5 Å². The molecule has 2 atom stereocenters. The number of nitrogens with zero attached hydrogens (tertiary/aromatic N) is 1. The van der Waals surface area contributed by atoms with E-state index in [1.807, 2.05) is 13.8 Å². The summed E-state index contributed by atoms with van der Waals surface area (Å²) in [6, 6.07) is 4.48.